The van der Waals surface area contributed by atoms with E-state index in [1.54, 1.807) is 0 Å². The lowest BCUT2D eigenvalue weighted by Gasteiger charge is -2.35. The number of halogens is 1. The maximum absolute atomic E-state index is 12.0. The van der Waals surface area contributed by atoms with Crippen molar-refractivity contribution in [3.63, 3.8) is 0 Å². The summed E-state index contributed by atoms with van der Waals surface area (Å²) in [5, 5.41) is 22.4. The number of hydrogen-bond acceptors (Lipinski definition) is 4. The molecule has 0 saturated heterocycles. The van der Waals surface area contributed by atoms with Gasteiger partial charge >= 0.3 is 0 Å². The van der Waals surface area contributed by atoms with Gasteiger partial charge in [-0.25, -0.2) is 0 Å². The molecule has 0 aliphatic heterocycles. The topological polar surface area (TPSA) is 96.0 Å². The smallest absolute Gasteiger partial charge is 0.288 e. The van der Waals surface area contributed by atoms with Crippen LogP contribution >= 0.6 is 11.6 Å². The van der Waals surface area contributed by atoms with Crippen LogP contribution in [0.5, 0.6) is 0 Å². The monoisotopic (exact) mass is 279 g/mol. The average molecular weight is 280 g/mol. The number of nitro benzene ring substituents is 1. The average Bonchev–Trinajstić information content (AvgIpc) is 2.33. The summed E-state index contributed by atoms with van der Waals surface area (Å²) in [5.41, 5.74) is -1.03. The van der Waals surface area contributed by atoms with Crippen molar-refractivity contribution >= 4 is 23.2 Å². The summed E-state index contributed by atoms with van der Waals surface area (Å²) in [6.07, 6.45) is 2.09. The Bertz CT molecular complexity index is 590. The molecule has 0 radical (unpaired) electrons. The lowest BCUT2D eigenvalue weighted by atomic mass is 9.78. The van der Waals surface area contributed by atoms with E-state index in [4.69, 9.17) is 16.9 Å². The molecule has 1 aliphatic rings. The number of nitrogens with one attached hydrogen (secondary N) is 1. The fraction of sp³-hybridized carbons (Fsp3) is 0.333. The lowest BCUT2D eigenvalue weighted by molar-refractivity contribution is -0.384. The van der Waals surface area contributed by atoms with E-state index in [1.165, 1.54) is 12.1 Å². The molecule has 1 fully saturated rings. The molecule has 0 atom stereocenters. The van der Waals surface area contributed by atoms with Gasteiger partial charge < -0.3 is 5.32 Å². The molecule has 1 aromatic carbocycles. The van der Waals surface area contributed by atoms with Crippen LogP contribution < -0.4 is 5.32 Å². The molecule has 0 bridgehead atoms. The Balaban J connectivity index is 2.23. The Morgan fingerprint density at radius 3 is 2.68 bits per heavy atom. The second kappa shape index (κ2) is 4.86. The molecule has 0 unspecified atom stereocenters. The first kappa shape index (κ1) is 13.3. The van der Waals surface area contributed by atoms with Crippen molar-refractivity contribution in [3.05, 3.63) is 38.9 Å². The maximum atomic E-state index is 12.0. The van der Waals surface area contributed by atoms with Gasteiger partial charge in [0.25, 0.3) is 11.6 Å². The summed E-state index contributed by atoms with van der Waals surface area (Å²) in [6.45, 7) is 0. The molecule has 2 rings (SSSR count). The Hall–Kier alpha value is -2.13. The second-order valence-electron chi connectivity index (χ2n) is 4.42. The molecular weight excluding hydrogens is 270 g/mol. The Labute approximate surface area is 114 Å². The van der Waals surface area contributed by atoms with Crippen LogP contribution in [0.3, 0.4) is 0 Å². The molecule has 1 amide bonds. The molecule has 1 N–H and O–H groups in total. The van der Waals surface area contributed by atoms with Crippen LogP contribution in [0.25, 0.3) is 0 Å². The van der Waals surface area contributed by atoms with Crippen LogP contribution in [0, 0.1) is 21.4 Å². The Morgan fingerprint density at radius 1 is 1.53 bits per heavy atom. The second-order valence-corrected chi connectivity index (χ2v) is 4.83. The van der Waals surface area contributed by atoms with E-state index in [-0.39, 0.29) is 16.3 Å². The van der Waals surface area contributed by atoms with Gasteiger partial charge in [-0.2, -0.15) is 5.26 Å². The maximum Gasteiger partial charge on any atom is 0.288 e. The standard InChI is InChI=1S/C12H10ClN3O3/c13-9-3-2-8(6-10(9)16(18)19)11(17)15-12(7-14)4-1-5-12/h2-3,6H,1,4-5H2,(H,15,17). The quantitative estimate of drug-likeness (QED) is 0.679. The molecule has 1 saturated carbocycles. The zero-order chi connectivity index (χ0) is 14.0. The Kier molecular flexibility index (Phi) is 3.40. The van der Waals surface area contributed by atoms with Gasteiger partial charge in [0.05, 0.1) is 11.0 Å². The summed E-state index contributed by atoms with van der Waals surface area (Å²) in [6, 6.07) is 5.88. The van der Waals surface area contributed by atoms with Crippen molar-refractivity contribution < 1.29 is 9.72 Å². The number of carbonyl (C=O) groups is 1. The van der Waals surface area contributed by atoms with Crippen LogP contribution in [0.15, 0.2) is 18.2 Å². The highest BCUT2D eigenvalue weighted by atomic mass is 35.5. The third-order valence-electron chi connectivity index (χ3n) is 3.18. The predicted molar refractivity (Wildman–Crippen MR) is 67.8 cm³/mol. The van der Waals surface area contributed by atoms with Crippen molar-refractivity contribution in [2.75, 3.05) is 0 Å². The fourth-order valence-corrected chi connectivity index (χ4v) is 2.06. The van der Waals surface area contributed by atoms with Gasteiger partial charge in [0.15, 0.2) is 0 Å². The molecular formula is C12H10ClN3O3. The van der Waals surface area contributed by atoms with Gasteiger partial charge in [-0.15, -0.1) is 0 Å². The van der Waals surface area contributed by atoms with Crippen molar-refractivity contribution in [2.24, 2.45) is 0 Å². The highest BCUT2D eigenvalue weighted by Crippen LogP contribution is 2.32. The number of nitro groups is 1. The highest BCUT2D eigenvalue weighted by Gasteiger charge is 2.38. The number of nitriles is 1. The highest BCUT2D eigenvalue weighted by molar-refractivity contribution is 6.32. The van der Waals surface area contributed by atoms with E-state index >= 15 is 0 Å². The number of nitrogens with zero attached hydrogens (tertiary/aromatic N) is 2. The van der Waals surface area contributed by atoms with E-state index in [9.17, 15) is 14.9 Å². The predicted octanol–water partition coefficient (Wildman–Crippen LogP) is 2.42. The third kappa shape index (κ3) is 2.51. The van der Waals surface area contributed by atoms with Gasteiger partial charge in [-0.1, -0.05) is 11.6 Å². The molecule has 0 heterocycles. The van der Waals surface area contributed by atoms with Gasteiger partial charge in [0.1, 0.15) is 10.6 Å². The number of benzene rings is 1. The minimum absolute atomic E-state index is 0.0276. The fourth-order valence-electron chi connectivity index (χ4n) is 1.88. The van der Waals surface area contributed by atoms with Gasteiger partial charge in [-0.05, 0) is 31.4 Å². The van der Waals surface area contributed by atoms with Crippen LogP contribution in [-0.2, 0) is 0 Å². The first-order chi connectivity index (χ1) is 8.97. The number of carbonyl (C=O) groups excluding carboxylic acids is 1. The molecule has 7 heteroatoms. The number of rotatable bonds is 3. The summed E-state index contributed by atoms with van der Waals surface area (Å²) < 4.78 is 0. The minimum atomic E-state index is -0.828. The van der Waals surface area contributed by atoms with E-state index < -0.39 is 16.4 Å². The van der Waals surface area contributed by atoms with E-state index in [0.717, 1.165) is 12.5 Å². The number of hydrogen-bond donors (Lipinski definition) is 1. The molecule has 98 valence electrons. The van der Waals surface area contributed by atoms with Crippen LogP contribution in [-0.4, -0.2) is 16.4 Å². The SMILES string of the molecule is N#CC1(NC(=O)c2ccc(Cl)c([N+](=O)[O-])c2)CCC1. The largest absolute Gasteiger partial charge is 0.334 e. The number of amides is 1. The molecule has 1 aliphatic carbocycles. The van der Waals surface area contributed by atoms with E-state index in [0.29, 0.717) is 12.8 Å². The van der Waals surface area contributed by atoms with Gasteiger partial charge in [0.2, 0.25) is 0 Å². The lowest BCUT2D eigenvalue weighted by Crippen LogP contribution is -2.52. The normalized spacial score (nSPS) is 16.0. The molecule has 0 aromatic heterocycles. The van der Waals surface area contributed by atoms with Gasteiger partial charge in [0, 0.05) is 11.6 Å². The van der Waals surface area contributed by atoms with Gasteiger partial charge in [-0.3, -0.25) is 14.9 Å². The van der Waals surface area contributed by atoms with Crippen LogP contribution in [0.4, 0.5) is 5.69 Å². The molecule has 6 nitrogen and oxygen atoms in total. The Morgan fingerprint density at radius 2 is 2.21 bits per heavy atom. The minimum Gasteiger partial charge on any atom is -0.334 e. The molecule has 0 spiro atoms. The zero-order valence-corrected chi connectivity index (χ0v) is 10.6. The first-order valence-electron chi connectivity index (χ1n) is 5.65. The van der Waals surface area contributed by atoms with Crippen molar-refractivity contribution in [1.82, 2.24) is 5.32 Å². The molecule has 19 heavy (non-hydrogen) atoms. The van der Waals surface area contributed by atoms with E-state index in [1.807, 2.05) is 0 Å². The summed E-state index contributed by atoms with van der Waals surface area (Å²) in [7, 11) is 0. The van der Waals surface area contributed by atoms with Crippen LogP contribution in [0.2, 0.25) is 5.02 Å². The van der Waals surface area contributed by atoms with E-state index in [2.05, 4.69) is 11.4 Å². The summed E-state index contributed by atoms with van der Waals surface area (Å²) >= 11 is 5.67. The van der Waals surface area contributed by atoms with Crippen molar-refractivity contribution in [2.45, 2.75) is 24.8 Å². The summed E-state index contributed by atoms with van der Waals surface area (Å²) in [4.78, 5) is 22.1. The first-order valence-corrected chi connectivity index (χ1v) is 6.03. The molecule has 1 aromatic rings. The summed E-state index contributed by atoms with van der Waals surface area (Å²) in [5.74, 6) is -0.499. The van der Waals surface area contributed by atoms with Crippen molar-refractivity contribution in [3.8, 4) is 6.07 Å². The van der Waals surface area contributed by atoms with Crippen molar-refractivity contribution in [1.29, 1.82) is 5.26 Å². The van der Waals surface area contributed by atoms with Crippen LogP contribution in [0.1, 0.15) is 29.6 Å². The third-order valence-corrected chi connectivity index (χ3v) is 3.50. The zero-order valence-electron chi connectivity index (χ0n) is 9.85.